The van der Waals surface area contributed by atoms with Crippen LogP contribution in [-0.2, 0) is 0 Å². The molecule has 0 spiro atoms. The van der Waals surface area contributed by atoms with Crippen molar-refractivity contribution in [2.75, 3.05) is 38.1 Å². The molecular weight excluding hydrogens is 256 g/mol. The van der Waals surface area contributed by atoms with Crippen LogP contribution < -0.4 is 10.2 Å². The first-order valence-electron chi connectivity index (χ1n) is 7.25. The lowest BCUT2D eigenvalue weighted by Crippen LogP contribution is -2.50. The summed E-state index contributed by atoms with van der Waals surface area (Å²) in [6.45, 7) is 11.0. The number of nitrogens with one attached hydrogen (secondary N) is 1. The normalized spacial score (nSPS) is 22.7. The molecule has 0 bridgehead atoms. The summed E-state index contributed by atoms with van der Waals surface area (Å²) in [4.78, 5) is 9.64. The average Bonchev–Trinajstić information content (AvgIpc) is 2.89. The second-order valence-electron chi connectivity index (χ2n) is 5.51. The van der Waals surface area contributed by atoms with Gasteiger partial charge in [0, 0.05) is 37.1 Å². The van der Waals surface area contributed by atoms with E-state index in [1.54, 1.807) is 11.3 Å². The van der Waals surface area contributed by atoms with E-state index in [0.717, 1.165) is 32.6 Å². The van der Waals surface area contributed by atoms with E-state index in [9.17, 15) is 0 Å². The zero-order chi connectivity index (χ0) is 13.8. The summed E-state index contributed by atoms with van der Waals surface area (Å²) >= 11 is 1.78. The molecule has 0 amide bonds. The topological polar surface area (TPSA) is 31.4 Å². The molecule has 2 unspecified atom stereocenters. The fourth-order valence-corrected chi connectivity index (χ4v) is 3.26. The molecule has 2 heterocycles. The highest BCUT2D eigenvalue weighted by molar-refractivity contribution is 7.13. The Hall–Kier alpha value is -0.650. The van der Waals surface area contributed by atoms with Crippen LogP contribution in [0.5, 0.6) is 0 Å². The maximum absolute atomic E-state index is 4.81. The molecule has 1 saturated heterocycles. The van der Waals surface area contributed by atoms with Crippen molar-refractivity contribution in [1.29, 1.82) is 0 Å². The Morgan fingerprint density at radius 1 is 1.53 bits per heavy atom. The summed E-state index contributed by atoms with van der Waals surface area (Å²) in [5.41, 5.74) is 1.18. The molecule has 1 aliphatic heterocycles. The van der Waals surface area contributed by atoms with Crippen molar-refractivity contribution < 1.29 is 0 Å². The van der Waals surface area contributed by atoms with Gasteiger partial charge in [0.1, 0.15) is 0 Å². The zero-order valence-corrected chi connectivity index (χ0v) is 13.3. The number of nitrogens with zero attached hydrogens (tertiary/aromatic N) is 3. The minimum atomic E-state index is 0.356. The molecule has 0 aliphatic carbocycles. The van der Waals surface area contributed by atoms with Crippen molar-refractivity contribution in [2.45, 2.75) is 39.3 Å². The van der Waals surface area contributed by atoms with Gasteiger partial charge in [0.25, 0.3) is 0 Å². The van der Waals surface area contributed by atoms with Crippen LogP contribution in [0.15, 0.2) is 5.38 Å². The molecule has 2 atom stereocenters. The molecule has 19 heavy (non-hydrogen) atoms. The van der Waals surface area contributed by atoms with Crippen LogP contribution in [0.3, 0.4) is 0 Å². The SMILES string of the molecule is CCCNC(C)c1csc(N2CCN(C)C(C)C2)n1. The van der Waals surface area contributed by atoms with Crippen LogP contribution in [0.4, 0.5) is 5.13 Å². The largest absolute Gasteiger partial charge is 0.345 e. The summed E-state index contributed by atoms with van der Waals surface area (Å²) < 4.78 is 0. The number of hydrogen-bond acceptors (Lipinski definition) is 5. The summed E-state index contributed by atoms with van der Waals surface area (Å²) in [6, 6.07) is 0.964. The number of piperazine rings is 1. The van der Waals surface area contributed by atoms with Gasteiger partial charge in [-0.15, -0.1) is 11.3 Å². The molecular formula is C14H26N4S. The molecule has 108 valence electrons. The van der Waals surface area contributed by atoms with Gasteiger partial charge in [-0.2, -0.15) is 0 Å². The van der Waals surface area contributed by atoms with Gasteiger partial charge in [-0.3, -0.25) is 0 Å². The van der Waals surface area contributed by atoms with Crippen molar-refractivity contribution in [2.24, 2.45) is 0 Å². The Kier molecular flexibility index (Phi) is 5.19. The predicted octanol–water partition coefficient (Wildman–Crippen LogP) is 2.34. The Morgan fingerprint density at radius 3 is 3.00 bits per heavy atom. The molecule has 5 heteroatoms. The number of aromatic nitrogens is 1. The van der Waals surface area contributed by atoms with Gasteiger partial charge in [0.15, 0.2) is 5.13 Å². The number of rotatable bonds is 5. The Bertz CT molecular complexity index is 393. The van der Waals surface area contributed by atoms with E-state index in [2.05, 4.69) is 48.3 Å². The van der Waals surface area contributed by atoms with E-state index in [1.165, 1.54) is 10.8 Å². The van der Waals surface area contributed by atoms with Gasteiger partial charge >= 0.3 is 0 Å². The molecule has 1 N–H and O–H groups in total. The van der Waals surface area contributed by atoms with Crippen molar-refractivity contribution >= 4 is 16.5 Å². The molecule has 4 nitrogen and oxygen atoms in total. The third kappa shape index (κ3) is 3.68. The first-order valence-corrected chi connectivity index (χ1v) is 8.13. The highest BCUT2D eigenvalue weighted by Gasteiger charge is 2.23. The lowest BCUT2D eigenvalue weighted by molar-refractivity contribution is 0.234. The van der Waals surface area contributed by atoms with E-state index in [0.29, 0.717) is 12.1 Å². The maximum Gasteiger partial charge on any atom is 0.185 e. The molecule has 1 aromatic rings. The standard InChI is InChI=1S/C14H26N4S/c1-5-6-15-12(3)13-10-19-14(16-13)18-8-7-17(4)11(2)9-18/h10-12,15H,5-9H2,1-4H3. The van der Waals surface area contributed by atoms with Crippen LogP contribution in [0.25, 0.3) is 0 Å². The van der Waals surface area contributed by atoms with E-state index in [1.807, 2.05) is 0 Å². The van der Waals surface area contributed by atoms with Crippen LogP contribution in [0, 0.1) is 0 Å². The third-order valence-electron chi connectivity index (χ3n) is 3.88. The van der Waals surface area contributed by atoms with Gasteiger partial charge < -0.3 is 15.1 Å². The Labute approximate surface area is 120 Å². The van der Waals surface area contributed by atoms with Crippen LogP contribution in [0.2, 0.25) is 0 Å². The summed E-state index contributed by atoms with van der Waals surface area (Å²) in [6.07, 6.45) is 1.16. The molecule has 0 aromatic carbocycles. The molecule has 1 aromatic heterocycles. The summed E-state index contributed by atoms with van der Waals surface area (Å²) in [5, 5.41) is 6.88. The van der Waals surface area contributed by atoms with Crippen LogP contribution in [-0.4, -0.2) is 49.2 Å². The fourth-order valence-electron chi connectivity index (χ4n) is 2.31. The highest BCUT2D eigenvalue weighted by atomic mass is 32.1. The van der Waals surface area contributed by atoms with E-state index in [-0.39, 0.29) is 0 Å². The molecule has 0 radical (unpaired) electrons. The molecule has 2 rings (SSSR count). The minimum Gasteiger partial charge on any atom is -0.345 e. The summed E-state index contributed by atoms with van der Waals surface area (Å²) in [5.74, 6) is 0. The number of hydrogen-bond donors (Lipinski definition) is 1. The number of anilines is 1. The lowest BCUT2D eigenvalue weighted by atomic mass is 10.2. The van der Waals surface area contributed by atoms with Gasteiger partial charge in [0.05, 0.1) is 5.69 Å². The van der Waals surface area contributed by atoms with Gasteiger partial charge in [-0.05, 0) is 33.9 Å². The Morgan fingerprint density at radius 2 is 2.32 bits per heavy atom. The second-order valence-corrected chi connectivity index (χ2v) is 6.34. The number of likely N-dealkylation sites (N-methyl/N-ethyl adjacent to an activating group) is 1. The van der Waals surface area contributed by atoms with E-state index < -0.39 is 0 Å². The highest BCUT2D eigenvalue weighted by Crippen LogP contribution is 2.25. The summed E-state index contributed by atoms with van der Waals surface area (Å²) in [7, 11) is 2.20. The monoisotopic (exact) mass is 282 g/mol. The zero-order valence-electron chi connectivity index (χ0n) is 12.5. The molecule has 1 fully saturated rings. The number of thiazole rings is 1. The Balaban J connectivity index is 1.97. The van der Waals surface area contributed by atoms with Gasteiger partial charge in [0.2, 0.25) is 0 Å². The van der Waals surface area contributed by atoms with Crippen LogP contribution >= 0.6 is 11.3 Å². The molecule has 0 saturated carbocycles. The maximum atomic E-state index is 4.81. The average molecular weight is 282 g/mol. The van der Waals surface area contributed by atoms with E-state index >= 15 is 0 Å². The quantitative estimate of drug-likeness (QED) is 0.898. The first-order chi connectivity index (χ1) is 9.11. The smallest absolute Gasteiger partial charge is 0.185 e. The fraction of sp³-hybridized carbons (Fsp3) is 0.786. The predicted molar refractivity (Wildman–Crippen MR) is 83.1 cm³/mol. The second kappa shape index (κ2) is 6.68. The van der Waals surface area contributed by atoms with Crippen molar-refractivity contribution in [1.82, 2.24) is 15.2 Å². The first kappa shape index (κ1) is 14.8. The minimum absolute atomic E-state index is 0.356. The van der Waals surface area contributed by atoms with Crippen molar-refractivity contribution in [3.05, 3.63) is 11.1 Å². The van der Waals surface area contributed by atoms with Gasteiger partial charge in [-0.1, -0.05) is 6.92 Å². The van der Waals surface area contributed by atoms with Gasteiger partial charge in [-0.25, -0.2) is 4.98 Å². The van der Waals surface area contributed by atoms with Crippen molar-refractivity contribution in [3.8, 4) is 0 Å². The molecule has 1 aliphatic rings. The third-order valence-corrected chi connectivity index (χ3v) is 4.80. The van der Waals surface area contributed by atoms with E-state index in [4.69, 9.17) is 4.98 Å². The lowest BCUT2D eigenvalue weighted by Gasteiger charge is -2.37. The van der Waals surface area contributed by atoms with Crippen LogP contribution in [0.1, 0.15) is 38.9 Å². The van der Waals surface area contributed by atoms with Crippen molar-refractivity contribution in [3.63, 3.8) is 0 Å².